The minimum Gasteiger partial charge on any atom is -0.464 e. The maximum Gasteiger partial charge on any atom is 0.287 e. The molecule has 0 radical (unpaired) electrons. The molecule has 12 heteroatoms. The van der Waals surface area contributed by atoms with Crippen molar-refractivity contribution < 1.29 is 13.8 Å². The van der Waals surface area contributed by atoms with Crippen LogP contribution in [0.25, 0.3) is 62.3 Å². The summed E-state index contributed by atoms with van der Waals surface area (Å²) in [6.45, 7) is 40.8. The highest BCUT2D eigenvalue weighted by atomic mass is 32.1. The van der Waals surface area contributed by atoms with Crippen LogP contribution in [0, 0.1) is 58.0 Å². The standard InChI is InChI=1S/C13H13NS.C12H11NS.C11H9NS.C9H7NO2S.C9H8O.C8H6O.6C2H6/c1-13(2,3)11-6-9-4-5-15-12(9)10(7-11)8-14;1-8(2)10-5-9-3-4-14-12(9)11(6-10)7-13;1-2-8-5-9-3-4-13-11(9)10(6-8)7-12;1-6-4-7-2-3-13-9(7)8(5-6)10(11)12;1-7-2-3-9-8(6-7)4-5-10-9;1-2-4-8-7(3-1)5-6-9-8;6*1-2/h4-7H,1-3H3;3-6,8H,1-2H3;3-6H,2H2,1H3;2-5H,1H3;2-6H,1H3;1-6H;6*1-2H3. The van der Waals surface area contributed by atoms with Gasteiger partial charge in [-0.1, -0.05) is 167 Å². The number of benzene rings is 6. The lowest BCUT2D eigenvalue weighted by Gasteiger charge is -2.19. The molecule has 0 amide bonds. The molecule has 454 valence electrons. The van der Waals surface area contributed by atoms with E-state index in [1.165, 1.54) is 55.1 Å². The van der Waals surface area contributed by atoms with Crippen LogP contribution in [0.15, 0.2) is 170 Å². The molecular weight excluding hydrogens is 1140 g/mol. The molecule has 0 aliphatic heterocycles. The van der Waals surface area contributed by atoms with Crippen molar-refractivity contribution in [2.75, 3.05) is 0 Å². The molecule has 0 unspecified atom stereocenters. The molecule has 12 aromatic rings. The van der Waals surface area contributed by atoms with Gasteiger partial charge in [-0.2, -0.15) is 15.8 Å². The van der Waals surface area contributed by atoms with Gasteiger partial charge in [0.2, 0.25) is 0 Å². The van der Waals surface area contributed by atoms with Gasteiger partial charge in [-0.3, -0.25) is 10.1 Å². The van der Waals surface area contributed by atoms with Crippen LogP contribution in [0.3, 0.4) is 0 Å². The Morgan fingerprint density at radius 2 is 0.919 bits per heavy atom. The predicted octanol–water partition coefficient (Wildman–Crippen LogP) is 25.8. The molecule has 12 rings (SSSR count). The van der Waals surface area contributed by atoms with Gasteiger partial charge in [0, 0.05) is 16.8 Å². The molecule has 0 aliphatic rings. The van der Waals surface area contributed by atoms with E-state index in [2.05, 4.69) is 109 Å². The SMILES string of the molecule is CC.CC.CC.CC.CC.CC.CC(C)(C)c1cc(C#N)c2sccc2c1.CC(C)c1cc(C#N)c2sccc2c1.CCc1cc(C#N)c2sccc2c1.Cc1cc([N+](=O)[O-])c2sccc2c1.Cc1ccc2occc2c1.c1ccc2occc2c1. The molecule has 6 aromatic carbocycles. The van der Waals surface area contributed by atoms with Gasteiger partial charge in [-0.05, 0) is 182 Å². The number of furan rings is 2. The summed E-state index contributed by atoms with van der Waals surface area (Å²) in [4.78, 5) is 10.3. The number of rotatable bonds is 3. The number of nitro benzene ring substituents is 1. The molecular formula is C74H90N4O4S4. The average Bonchev–Trinajstić information content (AvgIpc) is 2.89. The number of hydrogen-bond donors (Lipinski definition) is 0. The molecule has 0 saturated carbocycles. The Balaban J connectivity index is 0.000000500. The van der Waals surface area contributed by atoms with Gasteiger partial charge in [-0.25, -0.2) is 0 Å². The minimum absolute atomic E-state index is 0.0989. The number of nitrogens with zero attached hydrogens (tertiary/aromatic N) is 4. The summed E-state index contributed by atoms with van der Waals surface area (Å²) >= 11 is 6.32. The van der Waals surface area contributed by atoms with E-state index in [4.69, 9.17) is 24.6 Å². The number of thiophene rings is 4. The second kappa shape index (κ2) is 41.2. The van der Waals surface area contributed by atoms with Crippen molar-refractivity contribution in [3.8, 4) is 18.2 Å². The Morgan fingerprint density at radius 3 is 1.40 bits per heavy atom. The Morgan fingerprint density at radius 1 is 0.488 bits per heavy atom. The zero-order valence-corrected chi connectivity index (χ0v) is 57.7. The molecule has 6 aromatic heterocycles. The van der Waals surface area contributed by atoms with Crippen LogP contribution in [0.4, 0.5) is 5.69 Å². The van der Waals surface area contributed by atoms with Crippen LogP contribution < -0.4 is 0 Å². The third-order valence-corrected chi connectivity index (χ3v) is 15.7. The van der Waals surface area contributed by atoms with Crippen molar-refractivity contribution in [1.82, 2.24) is 0 Å². The third-order valence-electron chi connectivity index (χ3n) is 11.9. The van der Waals surface area contributed by atoms with E-state index in [0.29, 0.717) is 5.92 Å². The molecule has 0 atom stereocenters. The highest BCUT2D eigenvalue weighted by molar-refractivity contribution is 7.18. The second-order valence-corrected chi connectivity index (χ2v) is 22.3. The first-order valence-corrected chi connectivity index (χ1v) is 33.3. The quantitative estimate of drug-likeness (QED) is 0.127. The minimum atomic E-state index is -0.328. The zero-order valence-electron chi connectivity index (χ0n) is 54.4. The summed E-state index contributed by atoms with van der Waals surface area (Å²) in [5.41, 5.74) is 10.6. The van der Waals surface area contributed by atoms with Crippen molar-refractivity contribution in [3.63, 3.8) is 0 Å². The fraction of sp³-hybridized carbons (Fsp3) is 0.311. The largest absolute Gasteiger partial charge is 0.464 e. The average molecular weight is 1230 g/mol. The fourth-order valence-electron chi connectivity index (χ4n) is 7.89. The van der Waals surface area contributed by atoms with E-state index >= 15 is 0 Å². The summed E-state index contributed by atoms with van der Waals surface area (Å²) in [5.74, 6) is 0.478. The monoisotopic (exact) mass is 1230 g/mol. The zero-order chi connectivity index (χ0) is 64.9. The van der Waals surface area contributed by atoms with Crippen molar-refractivity contribution in [2.24, 2.45) is 0 Å². The van der Waals surface area contributed by atoms with E-state index < -0.39 is 0 Å². The number of hydrogen-bond acceptors (Lipinski definition) is 11. The number of nitro groups is 1. The molecule has 86 heavy (non-hydrogen) atoms. The summed E-state index contributed by atoms with van der Waals surface area (Å²) < 4.78 is 14.4. The van der Waals surface area contributed by atoms with Gasteiger partial charge in [0.25, 0.3) is 5.69 Å². The normalized spacial score (nSPS) is 9.60. The summed E-state index contributed by atoms with van der Waals surface area (Å²) in [6, 6.07) is 49.0. The summed E-state index contributed by atoms with van der Waals surface area (Å²) in [5, 5.41) is 52.6. The van der Waals surface area contributed by atoms with Gasteiger partial charge >= 0.3 is 0 Å². The second-order valence-electron chi connectivity index (χ2n) is 18.6. The van der Waals surface area contributed by atoms with Gasteiger partial charge < -0.3 is 8.83 Å². The van der Waals surface area contributed by atoms with Crippen LogP contribution in [0.5, 0.6) is 0 Å². The van der Waals surface area contributed by atoms with Crippen molar-refractivity contribution >= 4 is 113 Å². The van der Waals surface area contributed by atoms with E-state index in [-0.39, 0.29) is 16.0 Å². The third kappa shape index (κ3) is 22.5. The lowest BCUT2D eigenvalue weighted by Crippen LogP contribution is -2.11. The molecule has 8 nitrogen and oxygen atoms in total. The Kier molecular flexibility index (Phi) is 36.5. The number of para-hydroxylation sites is 1. The van der Waals surface area contributed by atoms with Crippen molar-refractivity contribution in [3.05, 3.63) is 216 Å². The van der Waals surface area contributed by atoms with Gasteiger partial charge in [0.15, 0.2) is 0 Å². The number of nitriles is 3. The maximum atomic E-state index is 10.7. The molecule has 6 heterocycles. The maximum absolute atomic E-state index is 10.7. The van der Waals surface area contributed by atoms with Crippen LogP contribution in [0.2, 0.25) is 0 Å². The lowest BCUT2D eigenvalue weighted by molar-refractivity contribution is -0.382. The highest BCUT2D eigenvalue weighted by Crippen LogP contribution is 2.34. The van der Waals surface area contributed by atoms with Gasteiger partial charge in [0.1, 0.15) is 34.1 Å². The summed E-state index contributed by atoms with van der Waals surface area (Å²) in [6.07, 6.45) is 4.40. The van der Waals surface area contributed by atoms with E-state index in [9.17, 15) is 10.1 Å². The first kappa shape index (κ1) is 76.1. The number of non-ortho nitro benzene ring substituents is 1. The lowest BCUT2D eigenvalue weighted by atomic mass is 9.85. The Bertz CT molecular complexity index is 3960. The van der Waals surface area contributed by atoms with Crippen LogP contribution in [0.1, 0.15) is 175 Å². The first-order chi connectivity index (χ1) is 41.6. The molecule has 0 aliphatic carbocycles. The van der Waals surface area contributed by atoms with Crippen LogP contribution >= 0.6 is 45.3 Å². The van der Waals surface area contributed by atoms with Gasteiger partial charge in [-0.15, -0.1) is 45.3 Å². The highest BCUT2D eigenvalue weighted by Gasteiger charge is 2.17. The Labute approximate surface area is 529 Å². The molecule has 0 fully saturated rings. The molecule has 0 N–H and O–H groups in total. The Hall–Kier alpha value is -7.89. The van der Waals surface area contributed by atoms with Crippen molar-refractivity contribution in [2.45, 2.75) is 156 Å². The topological polar surface area (TPSA) is 141 Å². The molecule has 0 bridgehead atoms. The van der Waals surface area contributed by atoms with Gasteiger partial charge in [0.05, 0.1) is 48.2 Å². The van der Waals surface area contributed by atoms with Crippen LogP contribution in [-0.2, 0) is 11.8 Å². The molecule has 0 saturated heterocycles. The number of fused-ring (bicyclic) bond motifs is 6. The van der Waals surface area contributed by atoms with E-state index in [0.717, 1.165) is 69.4 Å². The first-order valence-electron chi connectivity index (χ1n) is 29.8. The fourth-order valence-corrected chi connectivity index (χ4v) is 11.3. The summed E-state index contributed by atoms with van der Waals surface area (Å²) in [7, 11) is 0. The number of aryl methyl sites for hydroxylation is 3. The predicted molar refractivity (Wildman–Crippen MR) is 380 cm³/mol. The van der Waals surface area contributed by atoms with E-state index in [1.807, 2.05) is 190 Å². The smallest absolute Gasteiger partial charge is 0.287 e. The van der Waals surface area contributed by atoms with E-state index in [1.54, 1.807) is 52.6 Å². The van der Waals surface area contributed by atoms with Crippen LogP contribution in [-0.4, -0.2) is 4.92 Å². The van der Waals surface area contributed by atoms with Crippen molar-refractivity contribution in [1.29, 1.82) is 15.8 Å². The molecule has 0 spiro atoms.